The van der Waals surface area contributed by atoms with E-state index >= 15 is 0 Å². The van der Waals surface area contributed by atoms with Crippen molar-refractivity contribution in [1.82, 2.24) is 0 Å². The number of rotatable bonds is 6. The minimum atomic E-state index is -1.33. The van der Waals surface area contributed by atoms with Gasteiger partial charge in [-0.25, -0.2) is 0 Å². The Kier molecular flexibility index (Phi) is 5.80. The Balaban J connectivity index is 2.89. The van der Waals surface area contributed by atoms with Crippen LogP contribution in [0.4, 0.5) is 0 Å². The first kappa shape index (κ1) is 14.7. The number of hydrogen-bond donors (Lipinski definition) is 1. The maximum Gasteiger partial charge on any atom is 0.323 e. The fraction of sp³-hybridized carbons (Fsp3) is 0.500. The van der Waals surface area contributed by atoms with Gasteiger partial charge in [0.1, 0.15) is 6.10 Å². The molecule has 0 radical (unpaired) electrons. The van der Waals surface area contributed by atoms with Crippen LogP contribution in [0, 0.1) is 5.92 Å². The van der Waals surface area contributed by atoms with E-state index in [0.717, 1.165) is 0 Å². The van der Waals surface area contributed by atoms with Gasteiger partial charge >= 0.3 is 11.9 Å². The van der Waals surface area contributed by atoms with Gasteiger partial charge in [-0.3, -0.25) is 9.59 Å². The molecule has 5 nitrogen and oxygen atoms in total. The SMILES string of the molecule is CCOC(=O)C(C(=O)OCC)C(O)c1ccsc1. The maximum absolute atomic E-state index is 11.7. The lowest BCUT2D eigenvalue weighted by Gasteiger charge is -2.19. The molecule has 0 saturated heterocycles. The molecule has 0 spiro atoms. The molecular weight excluding hydrogens is 256 g/mol. The lowest BCUT2D eigenvalue weighted by molar-refractivity contribution is -0.167. The Hall–Kier alpha value is -1.40. The van der Waals surface area contributed by atoms with Crippen LogP contribution in [0.15, 0.2) is 16.8 Å². The number of hydrogen-bond acceptors (Lipinski definition) is 6. The summed E-state index contributed by atoms with van der Waals surface area (Å²) in [5, 5.41) is 13.5. The topological polar surface area (TPSA) is 72.8 Å². The van der Waals surface area contributed by atoms with Crippen LogP contribution >= 0.6 is 11.3 Å². The molecule has 0 bridgehead atoms. The Morgan fingerprint density at radius 2 is 1.83 bits per heavy atom. The number of thiophene rings is 1. The molecule has 100 valence electrons. The summed E-state index contributed by atoms with van der Waals surface area (Å²) < 4.78 is 9.59. The van der Waals surface area contributed by atoms with Gasteiger partial charge in [0.15, 0.2) is 5.92 Å². The highest BCUT2D eigenvalue weighted by Crippen LogP contribution is 2.26. The van der Waals surface area contributed by atoms with Crippen LogP contribution in [0.25, 0.3) is 0 Å². The summed E-state index contributed by atoms with van der Waals surface area (Å²) in [6.07, 6.45) is -1.24. The molecule has 6 heteroatoms. The molecule has 0 amide bonds. The zero-order valence-corrected chi connectivity index (χ0v) is 11.1. The van der Waals surface area contributed by atoms with Crippen molar-refractivity contribution in [1.29, 1.82) is 0 Å². The van der Waals surface area contributed by atoms with Gasteiger partial charge in [-0.2, -0.15) is 11.3 Å². The summed E-state index contributed by atoms with van der Waals surface area (Å²) in [4.78, 5) is 23.4. The molecule has 0 aliphatic rings. The van der Waals surface area contributed by atoms with Crippen LogP contribution in [-0.4, -0.2) is 30.3 Å². The molecule has 0 saturated carbocycles. The standard InChI is InChI=1S/C12H16O5S/c1-3-16-11(14)9(12(15)17-4-2)10(13)8-5-6-18-7-8/h5-7,9-10,13H,3-4H2,1-2H3. The Morgan fingerprint density at radius 3 is 2.22 bits per heavy atom. The first-order chi connectivity index (χ1) is 8.61. The van der Waals surface area contributed by atoms with Gasteiger partial charge in [0.05, 0.1) is 13.2 Å². The largest absolute Gasteiger partial charge is 0.465 e. The van der Waals surface area contributed by atoms with E-state index < -0.39 is 24.0 Å². The minimum Gasteiger partial charge on any atom is -0.465 e. The Morgan fingerprint density at radius 1 is 1.28 bits per heavy atom. The minimum absolute atomic E-state index is 0.144. The molecule has 0 aliphatic carbocycles. The number of carbonyl (C=O) groups is 2. The van der Waals surface area contributed by atoms with E-state index in [2.05, 4.69) is 0 Å². The third kappa shape index (κ3) is 3.54. The monoisotopic (exact) mass is 272 g/mol. The van der Waals surface area contributed by atoms with Crippen LogP contribution in [-0.2, 0) is 19.1 Å². The molecule has 0 aliphatic heterocycles. The summed E-state index contributed by atoms with van der Waals surface area (Å²) >= 11 is 1.37. The first-order valence-electron chi connectivity index (χ1n) is 5.65. The Bertz CT molecular complexity index is 369. The maximum atomic E-state index is 11.7. The second-order valence-corrected chi connectivity index (χ2v) is 4.26. The van der Waals surface area contributed by atoms with Crippen LogP contribution in [0.3, 0.4) is 0 Å². The summed E-state index contributed by atoms with van der Waals surface area (Å²) in [6, 6.07) is 1.65. The smallest absolute Gasteiger partial charge is 0.323 e. The van der Waals surface area contributed by atoms with E-state index in [9.17, 15) is 14.7 Å². The van der Waals surface area contributed by atoms with Crippen molar-refractivity contribution in [3.05, 3.63) is 22.4 Å². The molecule has 1 N–H and O–H groups in total. The number of aliphatic hydroxyl groups is 1. The van der Waals surface area contributed by atoms with Gasteiger partial charge in [0.2, 0.25) is 0 Å². The van der Waals surface area contributed by atoms with Crippen LogP contribution in [0.5, 0.6) is 0 Å². The van der Waals surface area contributed by atoms with E-state index in [1.54, 1.807) is 30.7 Å². The quantitative estimate of drug-likeness (QED) is 0.628. The second kappa shape index (κ2) is 7.13. The van der Waals surface area contributed by atoms with E-state index in [1.165, 1.54) is 11.3 Å². The molecule has 1 unspecified atom stereocenters. The van der Waals surface area contributed by atoms with Crippen molar-refractivity contribution in [3.63, 3.8) is 0 Å². The lowest BCUT2D eigenvalue weighted by Crippen LogP contribution is -2.33. The van der Waals surface area contributed by atoms with Crippen molar-refractivity contribution in [2.45, 2.75) is 20.0 Å². The zero-order chi connectivity index (χ0) is 13.5. The van der Waals surface area contributed by atoms with E-state index in [1.807, 2.05) is 0 Å². The van der Waals surface area contributed by atoms with E-state index in [4.69, 9.17) is 9.47 Å². The predicted octanol–water partition coefficient (Wildman–Crippen LogP) is 1.52. The number of ether oxygens (including phenoxy) is 2. The van der Waals surface area contributed by atoms with E-state index in [0.29, 0.717) is 5.56 Å². The Labute approximate surface area is 109 Å². The molecule has 1 rings (SSSR count). The average Bonchev–Trinajstić information content (AvgIpc) is 2.83. The molecule has 18 heavy (non-hydrogen) atoms. The van der Waals surface area contributed by atoms with Crippen LogP contribution in [0.2, 0.25) is 0 Å². The molecule has 1 aromatic rings. The third-order valence-corrected chi connectivity index (χ3v) is 2.98. The third-order valence-electron chi connectivity index (χ3n) is 2.28. The number of esters is 2. The van der Waals surface area contributed by atoms with Gasteiger partial charge in [-0.15, -0.1) is 0 Å². The predicted molar refractivity (Wildman–Crippen MR) is 66.0 cm³/mol. The number of aliphatic hydroxyl groups excluding tert-OH is 1. The molecule has 1 aromatic heterocycles. The normalized spacial score (nSPS) is 12.2. The first-order valence-corrected chi connectivity index (χ1v) is 6.59. The number of carbonyl (C=O) groups excluding carboxylic acids is 2. The van der Waals surface area contributed by atoms with Gasteiger partial charge in [0.25, 0.3) is 0 Å². The second-order valence-electron chi connectivity index (χ2n) is 3.48. The molecule has 0 aromatic carbocycles. The van der Waals surface area contributed by atoms with E-state index in [-0.39, 0.29) is 13.2 Å². The highest BCUT2D eigenvalue weighted by molar-refractivity contribution is 7.07. The van der Waals surface area contributed by atoms with Gasteiger partial charge in [0, 0.05) is 0 Å². The van der Waals surface area contributed by atoms with Crippen molar-refractivity contribution in [2.24, 2.45) is 5.92 Å². The molecule has 0 fully saturated rings. The van der Waals surface area contributed by atoms with Crippen LogP contribution < -0.4 is 0 Å². The van der Waals surface area contributed by atoms with Crippen molar-refractivity contribution < 1.29 is 24.2 Å². The highest BCUT2D eigenvalue weighted by Gasteiger charge is 2.37. The molecular formula is C12H16O5S. The molecule has 1 atom stereocenters. The van der Waals surface area contributed by atoms with Crippen molar-refractivity contribution >= 4 is 23.3 Å². The van der Waals surface area contributed by atoms with Crippen molar-refractivity contribution in [2.75, 3.05) is 13.2 Å². The zero-order valence-electron chi connectivity index (χ0n) is 10.3. The van der Waals surface area contributed by atoms with Crippen molar-refractivity contribution in [3.8, 4) is 0 Å². The van der Waals surface area contributed by atoms with Gasteiger partial charge in [-0.05, 0) is 36.2 Å². The highest BCUT2D eigenvalue weighted by atomic mass is 32.1. The van der Waals surface area contributed by atoms with Gasteiger partial charge in [-0.1, -0.05) is 0 Å². The van der Waals surface area contributed by atoms with Crippen LogP contribution in [0.1, 0.15) is 25.5 Å². The lowest BCUT2D eigenvalue weighted by atomic mass is 9.98. The summed E-state index contributed by atoms with van der Waals surface area (Å²) in [7, 11) is 0. The summed E-state index contributed by atoms with van der Waals surface area (Å²) in [6.45, 7) is 3.56. The average molecular weight is 272 g/mol. The fourth-order valence-electron chi connectivity index (χ4n) is 1.45. The fourth-order valence-corrected chi connectivity index (χ4v) is 2.14. The summed E-state index contributed by atoms with van der Waals surface area (Å²) in [5.74, 6) is -2.87. The van der Waals surface area contributed by atoms with Gasteiger partial charge < -0.3 is 14.6 Å². The summed E-state index contributed by atoms with van der Waals surface area (Å²) in [5.41, 5.74) is 0.506. The molecule has 1 heterocycles.